The molecule has 0 bridgehead atoms. The number of fused-ring (bicyclic) bond motifs is 1. The van der Waals surface area contributed by atoms with Crippen LogP contribution in [0.4, 0.5) is 0 Å². The molecule has 5 nitrogen and oxygen atoms in total. The van der Waals surface area contributed by atoms with Crippen molar-refractivity contribution >= 4 is 27.5 Å². The van der Waals surface area contributed by atoms with E-state index in [-0.39, 0.29) is 18.0 Å². The van der Waals surface area contributed by atoms with Gasteiger partial charge in [-0.2, -0.15) is 0 Å². The number of benzene rings is 2. The van der Waals surface area contributed by atoms with Gasteiger partial charge in [0.05, 0.1) is 11.7 Å². The smallest absolute Gasteiger partial charge is 0.262 e. The lowest BCUT2D eigenvalue weighted by Gasteiger charge is -2.17. The molecule has 0 saturated carbocycles. The third kappa shape index (κ3) is 3.84. The van der Waals surface area contributed by atoms with Crippen LogP contribution in [0.1, 0.15) is 11.1 Å². The predicted octanol–water partition coefficient (Wildman–Crippen LogP) is 4.09. The SMILES string of the molecule is Cc1c(-c2ccccc2)sc2ncn(CC(=O)N(C)Cc3ccccc3)c(=O)c12. The minimum absolute atomic E-state index is 0.0267. The number of rotatable bonds is 5. The zero-order valence-electron chi connectivity index (χ0n) is 16.3. The number of carbonyl (C=O) groups is 1. The number of hydrogen-bond donors (Lipinski definition) is 0. The Morgan fingerprint density at radius 2 is 1.72 bits per heavy atom. The third-order valence-corrected chi connectivity index (χ3v) is 6.20. The predicted molar refractivity (Wildman–Crippen MR) is 117 cm³/mol. The van der Waals surface area contributed by atoms with Crippen LogP contribution < -0.4 is 5.56 Å². The molecule has 1 amide bonds. The highest BCUT2D eigenvalue weighted by Gasteiger charge is 2.17. The van der Waals surface area contributed by atoms with Crippen LogP contribution in [0.2, 0.25) is 0 Å². The van der Waals surface area contributed by atoms with E-state index in [1.54, 1.807) is 11.9 Å². The van der Waals surface area contributed by atoms with E-state index in [1.165, 1.54) is 22.2 Å². The van der Waals surface area contributed by atoms with Crippen molar-refractivity contribution in [2.45, 2.75) is 20.0 Å². The standard InChI is InChI=1S/C23H21N3O2S/c1-16-20-22(29-21(16)18-11-7-4-8-12-18)24-15-26(23(20)28)14-19(27)25(2)13-17-9-5-3-6-10-17/h3-12,15H,13-14H2,1-2H3. The van der Waals surface area contributed by atoms with Gasteiger partial charge in [0.25, 0.3) is 5.56 Å². The fraction of sp³-hybridized carbons (Fsp3) is 0.174. The van der Waals surface area contributed by atoms with Crippen molar-refractivity contribution in [3.63, 3.8) is 0 Å². The Morgan fingerprint density at radius 1 is 1.07 bits per heavy atom. The van der Waals surface area contributed by atoms with Gasteiger partial charge < -0.3 is 4.90 Å². The summed E-state index contributed by atoms with van der Waals surface area (Å²) in [5, 5.41) is 0.592. The molecule has 0 spiro atoms. The minimum atomic E-state index is -0.174. The van der Waals surface area contributed by atoms with Crippen LogP contribution in [0.3, 0.4) is 0 Å². The van der Waals surface area contributed by atoms with E-state index in [0.717, 1.165) is 21.6 Å². The van der Waals surface area contributed by atoms with Crippen LogP contribution in [-0.2, 0) is 17.9 Å². The maximum Gasteiger partial charge on any atom is 0.262 e. The van der Waals surface area contributed by atoms with Gasteiger partial charge >= 0.3 is 0 Å². The normalized spacial score (nSPS) is 11.0. The van der Waals surface area contributed by atoms with Gasteiger partial charge in [-0.25, -0.2) is 4.98 Å². The largest absolute Gasteiger partial charge is 0.340 e. The Balaban J connectivity index is 1.61. The molecule has 2 aromatic carbocycles. The first kappa shape index (κ1) is 19.1. The summed E-state index contributed by atoms with van der Waals surface area (Å²) in [5.41, 5.74) is 2.85. The minimum Gasteiger partial charge on any atom is -0.340 e. The molecule has 6 heteroatoms. The van der Waals surface area contributed by atoms with Gasteiger partial charge in [0.15, 0.2) is 0 Å². The Morgan fingerprint density at radius 3 is 2.41 bits per heavy atom. The monoisotopic (exact) mass is 403 g/mol. The molecule has 0 fully saturated rings. The van der Waals surface area contributed by atoms with Crippen molar-refractivity contribution in [3.05, 3.63) is 88.5 Å². The van der Waals surface area contributed by atoms with E-state index in [0.29, 0.717) is 16.8 Å². The third-order valence-electron chi connectivity index (χ3n) is 4.95. The van der Waals surface area contributed by atoms with Crippen molar-refractivity contribution in [3.8, 4) is 10.4 Å². The summed E-state index contributed by atoms with van der Waals surface area (Å²) in [7, 11) is 1.75. The first-order valence-corrected chi connectivity index (χ1v) is 10.2. The lowest BCUT2D eigenvalue weighted by Crippen LogP contribution is -2.33. The molecule has 4 rings (SSSR count). The van der Waals surface area contributed by atoms with E-state index in [2.05, 4.69) is 4.98 Å². The number of aryl methyl sites for hydroxylation is 1. The molecule has 0 aliphatic rings. The maximum absolute atomic E-state index is 13.1. The molecule has 2 aromatic heterocycles. The molecule has 0 radical (unpaired) electrons. The van der Waals surface area contributed by atoms with Gasteiger partial charge in [0.1, 0.15) is 11.4 Å². The average molecular weight is 404 g/mol. The number of aromatic nitrogens is 2. The molecule has 0 saturated heterocycles. The highest BCUT2D eigenvalue weighted by Crippen LogP contribution is 2.35. The van der Waals surface area contributed by atoms with Gasteiger partial charge in [-0.15, -0.1) is 11.3 Å². The summed E-state index contributed by atoms with van der Waals surface area (Å²) in [6, 6.07) is 19.8. The number of carbonyl (C=O) groups excluding carboxylic acids is 1. The molecule has 0 aliphatic heterocycles. The summed E-state index contributed by atoms with van der Waals surface area (Å²) < 4.78 is 1.40. The number of likely N-dealkylation sites (N-methyl/N-ethyl adjacent to an activating group) is 1. The summed E-state index contributed by atoms with van der Waals surface area (Å²) in [5.74, 6) is -0.131. The van der Waals surface area contributed by atoms with E-state index in [1.807, 2.05) is 67.6 Å². The first-order chi connectivity index (χ1) is 14.0. The van der Waals surface area contributed by atoms with Crippen LogP contribution in [0.15, 0.2) is 71.8 Å². The number of nitrogens with zero attached hydrogens (tertiary/aromatic N) is 3. The number of amides is 1. The van der Waals surface area contributed by atoms with Gasteiger partial charge in [0, 0.05) is 18.5 Å². The van der Waals surface area contributed by atoms with Gasteiger partial charge in [0.2, 0.25) is 5.91 Å². The van der Waals surface area contributed by atoms with Crippen molar-refractivity contribution in [1.82, 2.24) is 14.5 Å². The van der Waals surface area contributed by atoms with Crippen LogP contribution in [-0.4, -0.2) is 27.4 Å². The molecular weight excluding hydrogens is 382 g/mol. The van der Waals surface area contributed by atoms with E-state index >= 15 is 0 Å². The molecular formula is C23H21N3O2S. The molecule has 4 aromatic rings. The van der Waals surface area contributed by atoms with Crippen molar-refractivity contribution in [2.24, 2.45) is 0 Å². The molecule has 0 atom stereocenters. The topological polar surface area (TPSA) is 55.2 Å². The molecule has 0 unspecified atom stereocenters. The Labute approximate surface area is 172 Å². The van der Waals surface area contributed by atoms with E-state index in [9.17, 15) is 9.59 Å². The second-order valence-electron chi connectivity index (χ2n) is 7.02. The van der Waals surface area contributed by atoms with E-state index < -0.39 is 0 Å². The molecule has 0 N–H and O–H groups in total. The van der Waals surface area contributed by atoms with Crippen molar-refractivity contribution in [2.75, 3.05) is 7.05 Å². The van der Waals surface area contributed by atoms with E-state index in [4.69, 9.17) is 0 Å². The summed E-state index contributed by atoms with van der Waals surface area (Å²) in [4.78, 5) is 33.5. The molecule has 2 heterocycles. The van der Waals surface area contributed by atoms with Gasteiger partial charge in [-0.1, -0.05) is 60.7 Å². The number of thiophene rings is 1. The highest BCUT2D eigenvalue weighted by molar-refractivity contribution is 7.22. The summed E-state index contributed by atoms with van der Waals surface area (Å²) in [6.45, 7) is 2.42. The first-order valence-electron chi connectivity index (χ1n) is 9.36. The fourth-order valence-corrected chi connectivity index (χ4v) is 4.49. The van der Waals surface area contributed by atoms with Crippen LogP contribution in [0, 0.1) is 6.92 Å². The Bertz CT molecular complexity index is 1210. The zero-order valence-corrected chi connectivity index (χ0v) is 17.1. The summed E-state index contributed by atoms with van der Waals surface area (Å²) in [6.07, 6.45) is 1.48. The van der Waals surface area contributed by atoms with Crippen molar-refractivity contribution in [1.29, 1.82) is 0 Å². The number of hydrogen-bond acceptors (Lipinski definition) is 4. The second-order valence-corrected chi connectivity index (χ2v) is 8.01. The lowest BCUT2D eigenvalue weighted by molar-refractivity contribution is -0.131. The zero-order chi connectivity index (χ0) is 20.4. The Kier molecular flexibility index (Phi) is 5.27. The average Bonchev–Trinajstić information content (AvgIpc) is 3.08. The summed E-state index contributed by atoms with van der Waals surface area (Å²) >= 11 is 1.51. The fourth-order valence-electron chi connectivity index (χ4n) is 3.35. The van der Waals surface area contributed by atoms with Crippen LogP contribution >= 0.6 is 11.3 Å². The maximum atomic E-state index is 13.1. The quantitative estimate of drug-likeness (QED) is 0.504. The molecule has 29 heavy (non-hydrogen) atoms. The second kappa shape index (κ2) is 8.01. The van der Waals surface area contributed by atoms with Crippen LogP contribution in [0.25, 0.3) is 20.7 Å². The van der Waals surface area contributed by atoms with Gasteiger partial charge in [-0.3, -0.25) is 14.2 Å². The Hall–Kier alpha value is -3.25. The molecule has 146 valence electrons. The van der Waals surface area contributed by atoms with Crippen molar-refractivity contribution < 1.29 is 4.79 Å². The molecule has 0 aliphatic carbocycles. The lowest BCUT2D eigenvalue weighted by atomic mass is 10.1. The highest BCUT2D eigenvalue weighted by atomic mass is 32.1. The van der Waals surface area contributed by atoms with Gasteiger partial charge in [-0.05, 0) is 23.6 Å². The van der Waals surface area contributed by atoms with Crippen LogP contribution in [0.5, 0.6) is 0 Å².